The van der Waals surface area contributed by atoms with Gasteiger partial charge in [-0.2, -0.15) is 5.10 Å². The van der Waals surface area contributed by atoms with Crippen LogP contribution in [0.15, 0.2) is 29.9 Å². The molecular weight excluding hydrogens is 402 g/mol. The Bertz CT molecular complexity index is 1210. The molecule has 0 atom stereocenters. The summed E-state index contributed by atoms with van der Waals surface area (Å²) in [6, 6.07) is 5.72. The highest BCUT2D eigenvalue weighted by Gasteiger charge is 2.38. The van der Waals surface area contributed by atoms with Gasteiger partial charge in [0.25, 0.3) is 5.91 Å². The summed E-state index contributed by atoms with van der Waals surface area (Å²) < 4.78 is 3.44. The van der Waals surface area contributed by atoms with Gasteiger partial charge in [-0.05, 0) is 37.4 Å². The second kappa shape index (κ2) is 5.85. The second-order valence-electron chi connectivity index (χ2n) is 6.94. The second-order valence-corrected chi connectivity index (χ2v) is 9.57. The Kier molecular flexibility index (Phi) is 3.65. The lowest BCUT2D eigenvalue weighted by Gasteiger charge is -2.31. The molecule has 4 aromatic heterocycles. The third-order valence-corrected chi connectivity index (χ3v) is 6.80. The molecule has 0 radical (unpaired) electrons. The molecule has 0 unspecified atom stereocenters. The van der Waals surface area contributed by atoms with Crippen molar-refractivity contribution in [3.8, 4) is 21.8 Å². The van der Waals surface area contributed by atoms with Gasteiger partial charge >= 0.3 is 0 Å². The van der Waals surface area contributed by atoms with Crippen molar-refractivity contribution in [2.24, 2.45) is 0 Å². The molecule has 4 aromatic rings. The van der Waals surface area contributed by atoms with E-state index in [1.165, 1.54) is 11.3 Å². The highest BCUT2D eigenvalue weighted by molar-refractivity contribution is 7.19. The number of fused-ring (bicyclic) bond motifs is 2. The summed E-state index contributed by atoms with van der Waals surface area (Å²) in [5.41, 5.74) is 3.26. The molecule has 0 bridgehead atoms. The van der Waals surface area contributed by atoms with Crippen LogP contribution in [0.25, 0.3) is 32.0 Å². The van der Waals surface area contributed by atoms with E-state index in [4.69, 9.17) is 16.7 Å². The number of halogens is 1. The van der Waals surface area contributed by atoms with Gasteiger partial charge in [0.15, 0.2) is 0 Å². The van der Waals surface area contributed by atoms with Crippen molar-refractivity contribution in [3.63, 3.8) is 0 Å². The molecule has 5 heterocycles. The van der Waals surface area contributed by atoms with Crippen LogP contribution in [-0.4, -0.2) is 32.2 Å². The van der Waals surface area contributed by atoms with Crippen LogP contribution in [0.3, 0.4) is 0 Å². The van der Waals surface area contributed by atoms with Crippen molar-refractivity contribution < 1.29 is 4.79 Å². The highest BCUT2D eigenvalue weighted by Crippen LogP contribution is 2.43. The minimum absolute atomic E-state index is 0.135. The molecule has 0 aliphatic carbocycles. The van der Waals surface area contributed by atoms with Crippen LogP contribution >= 0.6 is 34.3 Å². The van der Waals surface area contributed by atoms with E-state index in [1.807, 2.05) is 28.3 Å². The van der Waals surface area contributed by atoms with Crippen molar-refractivity contribution in [2.75, 3.05) is 6.54 Å². The summed E-state index contributed by atoms with van der Waals surface area (Å²) in [7, 11) is 0. The predicted octanol–water partition coefficient (Wildman–Crippen LogP) is 4.42. The molecule has 0 saturated heterocycles. The summed E-state index contributed by atoms with van der Waals surface area (Å²) in [6.45, 7) is 4.62. The highest BCUT2D eigenvalue weighted by atomic mass is 35.5. The van der Waals surface area contributed by atoms with Gasteiger partial charge in [0.2, 0.25) is 0 Å². The van der Waals surface area contributed by atoms with Crippen LogP contribution in [0.5, 0.6) is 0 Å². The Morgan fingerprint density at radius 2 is 2.07 bits per heavy atom. The van der Waals surface area contributed by atoms with Gasteiger partial charge in [-0.3, -0.25) is 9.48 Å². The Labute approximate surface area is 167 Å². The van der Waals surface area contributed by atoms with Crippen LogP contribution in [0.4, 0.5) is 0 Å². The molecule has 1 aliphatic heterocycles. The number of nitrogens with one attached hydrogen (secondary N) is 1. The Morgan fingerprint density at radius 3 is 2.85 bits per heavy atom. The van der Waals surface area contributed by atoms with Gasteiger partial charge in [0.05, 0.1) is 25.7 Å². The number of aromatic nitrogens is 4. The van der Waals surface area contributed by atoms with Gasteiger partial charge in [-0.25, -0.2) is 9.97 Å². The van der Waals surface area contributed by atoms with E-state index in [9.17, 15) is 4.79 Å². The summed E-state index contributed by atoms with van der Waals surface area (Å²) in [4.78, 5) is 22.5. The van der Waals surface area contributed by atoms with Crippen LogP contribution < -0.4 is 5.32 Å². The molecule has 1 amide bonds. The molecule has 9 heteroatoms. The molecule has 5 rings (SSSR count). The van der Waals surface area contributed by atoms with E-state index < -0.39 is 0 Å². The van der Waals surface area contributed by atoms with Crippen molar-refractivity contribution in [1.82, 2.24) is 25.1 Å². The van der Waals surface area contributed by atoms with Crippen molar-refractivity contribution in [3.05, 3.63) is 39.9 Å². The predicted molar refractivity (Wildman–Crippen MR) is 109 cm³/mol. The van der Waals surface area contributed by atoms with Gasteiger partial charge in [0, 0.05) is 11.4 Å². The topological polar surface area (TPSA) is 72.7 Å². The van der Waals surface area contributed by atoms with Gasteiger partial charge in [0.1, 0.15) is 23.4 Å². The molecule has 27 heavy (non-hydrogen) atoms. The smallest absolute Gasteiger partial charge is 0.270 e. The Morgan fingerprint density at radius 1 is 1.22 bits per heavy atom. The number of hydrogen-bond acceptors (Lipinski definition) is 6. The quantitative estimate of drug-likeness (QED) is 0.526. The zero-order chi connectivity index (χ0) is 18.8. The van der Waals surface area contributed by atoms with E-state index in [0.29, 0.717) is 22.3 Å². The van der Waals surface area contributed by atoms with E-state index in [0.717, 1.165) is 26.4 Å². The lowest BCUT2D eigenvalue weighted by molar-refractivity contribution is 0.0878. The monoisotopic (exact) mass is 415 g/mol. The van der Waals surface area contributed by atoms with Gasteiger partial charge in [-0.15, -0.1) is 22.7 Å². The fraction of sp³-hybridized carbons (Fsp3) is 0.222. The van der Waals surface area contributed by atoms with Crippen LogP contribution in [0.2, 0.25) is 4.34 Å². The molecule has 1 aliphatic rings. The average Bonchev–Trinajstić information content (AvgIpc) is 3.35. The lowest BCUT2D eigenvalue weighted by Crippen LogP contribution is -2.48. The summed E-state index contributed by atoms with van der Waals surface area (Å²) in [6.07, 6.45) is 1.54. The van der Waals surface area contributed by atoms with Gasteiger partial charge < -0.3 is 5.32 Å². The number of rotatable bonds is 2. The SMILES string of the molecule is CC1(C)CNC(=O)c2c(-c3ccc(Cl)s3)c(-c3ncnc4ccsc34)nn21. The standard InChI is InChI=1S/C18H14ClN5OS2/c1-18(2)7-20-17(25)15-12(10-3-4-11(19)27-10)13(23-24(15)18)14-16-9(5-6-26-16)21-8-22-14/h3-6,8H,7H2,1-2H3,(H,20,25). The molecule has 1 N–H and O–H groups in total. The lowest BCUT2D eigenvalue weighted by atomic mass is 10.0. The third kappa shape index (κ3) is 2.51. The van der Waals surface area contributed by atoms with Crippen LogP contribution in [-0.2, 0) is 5.54 Å². The number of nitrogens with zero attached hydrogens (tertiary/aromatic N) is 4. The molecule has 0 fully saturated rings. The molecule has 136 valence electrons. The van der Waals surface area contributed by atoms with Crippen molar-refractivity contribution in [1.29, 1.82) is 0 Å². The maximum atomic E-state index is 12.8. The normalized spacial score (nSPS) is 15.7. The molecule has 0 aromatic carbocycles. The summed E-state index contributed by atoms with van der Waals surface area (Å²) >= 11 is 9.19. The summed E-state index contributed by atoms with van der Waals surface area (Å²) in [5.74, 6) is -0.135. The molecular formula is C18H14ClN5OS2. The van der Waals surface area contributed by atoms with E-state index in [1.54, 1.807) is 17.7 Å². The van der Waals surface area contributed by atoms with E-state index in [-0.39, 0.29) is 11.4 Å². The minimum atomic E-state index is -0.348. The van der Waals surface area contributed by atoms with E-state index in [2.05, 4.69) is 29.1 Å². The Balaban J connectivity index is 1.89. The fourth-order valence-corrected chi connectivity index (χ4v) is 5.25. The zero-order valence-electron chi connectivity index (χ0n) is 14.5. The first-order valence-corrected chi connectivity index (χ1v) is 10.4. The Hall–Kier alpha value is -2.29. The number of thiophene rings is 2. The maximum Gasteiger partial charge on any atom is 0.270 e. The summed E-state index contributed by atoms with van der Waals surface area (Å²) in [5, 5.41) is 9.84. The third-order valence-electron chi connectivity index (χ3n) is 4.64. The largest absolute Gasteiger partial charge is 0.348 e. The van der Waals surface area contributed by atoms with Crippen LogP contribution in [0.1, 0.15) is 24.3 Å². The number of hydrogen-bond donors (Lipinski definition) is 1. The number of carbonyl (C=O) groups is 1. The van der Waals surface area contributed by atoms with Gasteiger partial charge in [-0.1, -0.05) is 11.6 Å². The first-order valence-electron chi connectivity index (χ1n) is 8.32. The van der Waals surface area contributed by atoms with Crippen molar-refractivity contribution >= 4 is 50.4 Å². The molecule has 6 nitrogen and oxygen atoms in total. The zero-order valence-corrected chi connectivity index (χ0v) is 16.9. The number of amides is 1. The molecule has 0 spiro atoms. The van der Waals surface area contributed by atoms with E-state index >= 15 is 0 Å². The first-order chi connectivity index (χ1) is 13.0. The van der Waals surface area contributed by atoms with Crippen molar-refractivity contribution in [2.45, 2.75) is 19.4 Å². The number of carbonyl (C=O) groups excluding carboxylic acids is 1. The minimum Gasteiger partial charge on any atom is -0.348 e. The first kappa shape index (κ1) is 16.9. The maximum absolute atomic E-state index is 12.8. The fourth-order valence-electron chi connectivity index (χ4n) is 3.33. The van der Waals surface area contributed by atoms with Crippen LogP contribution in [0, 0.1) is 0 Å². The average molecular weight is 416 g/mol. The molecule has 0 saturated carbocycles.